The van der Waals surface area contributed by atoms with E-state index in [1.54, 1.807) is 0 Å². The van der Waals surface area contributed by atoms with Crippen molar-refractivity contribution in [1.29, 1.82) is 0 Å². The van der Waals surface area contributed by atoms with Crippen LogP contribution in [0.2, 0.25) is 0 Å². The van der Waals surface area contributed by atoms with Crippen LogP contribution in [0.1, 0.15) is 32.5 Å². The third kappa shape index (κ3) is 2.62. The second kappa shape index (κ2) is 6.17. The third-order valence-electron chi connectivity index (χ3n) is 8.00. The highest BCUT2D eigenvalue weighted by atomic mass is 19.4. The van der Waals surface area contributed by atoms with Crippen molar-refractivity contribution in [3.8, 4) is 17.0 Å². The van der Waals surface area contributed by atoms with Gasteiger partial charge >= 0.3 is 6.36 Å². The fraction of sp³-hybridized carbons (Fsp3) is 0.636. The fourth-order valence-corrected chi connectivity index (χ4v) is 7.21. The number of rotatable bonds is 3. The largest absolute Gasteiger partial charge is 0.573 e. The highest BCUT2D eigenvalue weighted by Crippen LogP contribution is 2.78. The molecule has 2 bridgehead atoms. The zero-order valence-electron chi connectivity index (χ0n) is 18.1. The smallest absolute Gasteiger partial charge is 0.402 e. The van der Waals surface area contributed by atoms with Gasteiger partial charge in [-0.15, -0.1) is 13.2 Å². The molecule has 7 rings (SSSR count). The average molecular weight is 449 g/mol. The number of morpholine rings is 1. The number of halogens is 3. The molecule has 10 heteroatoms. The molecule has 1 saturated heterocycles. The molecule has 2 aromatic heterocycles. The number of imidazole rings is 1. The molecule has 1 spiro atoms. The standard InChI is InChI=1S/C22H26F3N5O2/c1-19(2)8-16-28-14(13-7-15(17(26)27-9-13)32-22(23,24)25)10-30(16)21-11-20(12-21,18(19)21)29-3-5-31-6-4-29/h7,9-10,18H,3-6,8,11-12H2,1-2H3,(H2,26,27). The normalized spacial score (nSPS) is 33.0. The Balaban J connectivity index is 1.35. The number of hydrogen-bond donors (Lipinski definition) is 1. The topological polar surface area (TPSA) is 78.4 Å². The molecule has 2 N–H and O–H groups in total. The monoisotopic (exact) mass is 449 g/mol. The molecule has 1 atom stereocenters. The van der Waals surface area contributed by atoms with Gasteiger partial charge < -0.3 is 19.8 Å². The summed E-state index contributed by atoms with van der Waals surface area (Å²) in [6.07, 6.45) is 1.58. The first-order valence-corrected chi connectivity index (χ1v) is 11.0. The van der Waals surface area contributed by atoms with Gasteiger partial charge in [-0.25, -0.2) is 9.97 Å². The molecule has 172 valence electrons. The molecule has 0 aromatic carbocycles. The SMILES string of the molecule is CC1(C)Cc2nc(-c3cnc(N)c(OC(F)(F)F)c3)cn2C23CC(N4CCOCC4)(C2)C13. The van der Waals surface area contributed by atoms with Crippen LogP contribution >= 0.6 is 0 Å². The molecular formula is C22H26F3N5O2. The summed E-state index contributed by atoms with van der Waals surface area (Å²) in [7, 11) is 0. The summed E-state index contributed by atoms with van der Waals surface area (Å²) in [5.41, 5.74) is 7.00. The molecule has 32 heavy (non-hydrogen) atoms. The van der Waals surface area contributed by atoms with Crippen molar-refractivity contribution < 1.29 is 22.6 Å². The first-order valence-electron chi connectivity index (χ1n) is 11.0. The van der Waals surface area contributed by atoms with Crippen molar-refractivity contribution in [3.63, 3.8) is 0 Å². The number of pyridine rings is 1. The Morgan fingerprint density at radius 3 is 2.59 bits per heavy atom. The predicted molar refractivity (Wildman–Crippen MR) is 110 cm³/mol. The van der Waals surface area contributed by atoms with E-state index in [1.165, 1.54) is 12.3 Å². The van der Waals surface area contributed by atoms with Crippen LogP contribution in [0.15, 0.2) is 18.5 Å². The van der Waals surface area contributed by atoms with Gasteiger partial charge in [-0.3, -0.25) is 4.90 Å². The molecule has 2 aromatic rings. The van der Waals surface area contributed by atoms with Crippen LogP contribution in [0.25, 0.3) is 11.3 Å². The van der Waals surface area contributed by atoms with Gasteiger partial charge in [0, 0.05) is 48.9 Å². The molecule has 1 unspecified atom stereocenters. The van der Waals surface area contributed by atoms with Crippen molar-refractivity contribution in [2.24, 2.45) is 11.3 Å². The van der Waals surface area contributed by atoms with Gasteiger partial charge in [0.1, 0.15) is 5.82 Å². The van der Waals surface area contributed by atoms with E-state index in [1.807, 2.05) is 6.20 Å². The van der Waals surface area contributed by atoms with Crippen LogP contribution in [0.5, 0.6) is 5.75 Å². The zero-order chi connectivity index (χ0) is 22.5. The third-order valence-corrected chi connectivity index (χ3v) is 8.00. The number of aromatic nitrogens is 3. The van der Waals surface area contributed by atoms with Gasteiger partial charge in [0.15, 0.2) is 11.6 Å². The number of fused-ring (bicyclic) bond motifs is 1. The molecular weight excluding hydrogens is 423 g/mol. The number of nitrogens with two attached hydrogens (primary N) is 1. The molecule has 4 heterocycles. The van der Waals surface area contributed by atoms with Crippen LogP contribution in [-0.4, -0.2) is 57.6 Å². The Morgan fingerprint density at radius 2 is 1.91 bits per heavy atom. The van der Waals surface area contributed by atoms with E-state index in [-0.39, 0.29) is 22.3 Å². The molecule has 3 aliphatic carbocycles. The second-order valence-electron chi connectivity index (χ2n) is 10.3. The minimum Gasteiger partial charge on any atom is -0.402 e. The van der Waals surface area contributed by atoms with Crippen molar-refractivity contribution in [1.82, 2.24) is 19.4 Å². The zero-order valence-corrected chi connectivity index (χ0v) is 18.1. The molecule has 3 saturated carbocycles. The van der Waals surface area contributed by atoms with Crippen molar-refractivity contribution >= 4 is 5.82 Å². The quantitative estimate of drug-likeness (QED) is 0.776. The van der Waals surface area contributed by atoms with Gasteiger partial charge in [0.2, 0.25) is 0 Å². The summed E-state index contributed by atoms with van der Waals surface area (Å²) >= 11 is 0. The summed E-state index contributed by atoms with van der Waals surface area (Å²) in [6, 6.07) is 1.27. The Labute approximate surface area is 183 Å². The maximum Gasteiger partial charge on any atom is 0.573 e. The van der Waals surface area contributed by atoms with E-state index in [0.29, 0.717) is 17.2 Å². The summed E-state index contributed by atoms with van der Waals surface area (Å²) in [4.78, 5) is 11.3. The van der Waals surface area contributed by atoms with E-state index in [0.717, 1.165) is 51.4 Å². The van der Waals surface area contributed by atoms with Gasteiger partial charge in [-0.1, -0.05) is 13.8 Å². The number of anilines is 1. The molecule has 7 nitrogen and oxygen atoms in total. The van der Waals surface area contributed by atoms with Gasteiger partial charge in [0.05, 0.1) is 24.4 Å². The fourth-order valence-electron chi connectivity index (χ4n) is 7.21. The van der Waals surface area contributed by atoms with Crippen molar-refractivity contribution in [3.05, 3.63) is 24.3 Å². The van der Waals surface area contributed by atoms with Crippen LogP contribution in [0.3, 0.4) is 0 Å². The lowest BCUT2D eigenvalue weighted by molar-refractivity contribution is -0.321. The lowest BCUT2D eigenvalue weighted by Crippen LogP contribution is -2.89. The first-order chi connectivity index (χ1) is 15.0. The Hall–Kier alpha value is -2.33. The van der Waals surface area contributed by atoms with Gasteiger partial charge in [0.25, 0.3) is 0 Å². The summed E-state index contributed by atoms with van der Waals surface area (Å²) < 4.78 is 50.1. The number of hydrogen-bond acceptors (Lipinski definition) is 6. The first kappa shape index (κ1) is 20.3. The minimum absolute atomic E-state index is 0.0349. The maximum absolute atomic E-state index is 12.7. The Kier molecular flexibility index (Phi) is 3.91. The van der Waals surface area contributed by atoms with Crippen molar-refractivity contribution in [2.75, 3.05) is 32.0 Å². The summed E-state index contributed by atoms with van der Waals surface area (Å²) in [5.74, 6) is 0.689. The van der Waals surface area contributed by atoms with Crippen LogP contribution in [0, 0.1) is 11.3 Å². The number of ether oxygens (including phenoxy) is 2. The average Bonchev–Trinajstić information content (AvgIpc) is 3.04. The maximum atomic E-state index is 12.7. The number of nitrogen functional groups attached to an aromatic ring is 1. The van der Waals surface area contributed by atoms with Crippen LogP contribution < -0.4 is 10.5 Å². The molecule has 4 fully saturated rings. The molecule has 0 amide bonds. The summed E-state index contributed by atoms with van der Waals surface area (Å²) in [5, 5.41) is 0. The number of alkyl halides is 3. The molecule has 5 aliphatic rings. The lowest BCUT2D eigenvalue weighted by atomic mass is 9.30. The van der Waals surface area contributed by atoms with E-state index >= 15 is 0 Å². The van der Waals surface area contributed by atoms with Gasteiger partial charge in [-0.2, -0.15) is 0 Å². The van der Waals surface area contributed by atoms with Crippen LogP contribution in [0.4, 0.5) is 19.0 Å². The second-order valence-corrected chi connectivity index (χ2v) is 10.3. The predicted octanol–water partition coefficient (Wildman–Crippen LogP) is 3.20. The van der Waals surface area contributed by atoms with E-state index < -0.39 is 12.1 Å². The highest BCUT2D eigenvalue weighted by Gasteiger charge is 2.82. The Morgan fingerprint density at radius 1 is 1.19 bits per heavy atom. The Bertz CT molecular complexity index is 1080. The van der Waals surface area contributed by atoms with E-state index in [9.17, 15) is 13.2 Å². The summed E-state index contributed by atoms with van der Waals surface area (Å²) in [6.45, 7) is 8.16. The van der Waals surface area contributed by atoms with E-state index in [4.69, 9.17) is 15.5 Å². The lowest BCUT2D eigenvalue weighted by Gasteiger charge is -2.84. The molecule has 2 aliphatic heterocycles. The van der Waals surface area contributed by atoms with Crippen molar-refractivity contribution in [2.45, 2.75) is 50.6 Å². The van der Waals surface area contributed by atoms with Crippen LogP contribution in [-0.2, 0) is 16.7 Å². The molecule has 0 radical (unpaired) electrons. The van der Waals surface area contributed by atoms with E-state index in [2.05, 4.69) is 33.0 Å². The highest BCUT2D eigenvalue weighted by molar-refractivity contribution is 5.64. The van der Waals surface area contributed by atoms with Gasteiger partial charge in [-0.05, 0) is 24.3 Å². The number of nitrogens with zero attached hydrogens (tertiary/aromatic N) is 4. The minimum atomic E-state index is -4.83.